The minimum absolute atomic E-state index is 0. The molecule has 28 heavy (non-hydrogen) atoms. The number of aliphatic carboxylic acids is 2. The molecule has 0 aliphatic carbocycles. The van der Waals surface area contributed by atoms with Gasteiger partial charge in [-0.05, 0) is 11.6 Å². The van der Waals surface area contributed by atoms with Crippen LogP contribution in [0.25, 0.3) is 0 Å². The van der Waals surface area contributed by atoms with Crippen molar-refractivity contribution in [3.8, 4) is 11.5 Å². The van der Waals surface area contributed by atoms with Crippen LogP contribution in [0.15, 0.2) is 48.5 Å². The number of rotatable bonds is 9. The van der Waals surface area contributed by atoms with E-state index < -0.39 is 29.8 Å². The normalized spacial score (nSPS) is 12.1. The Hall–Kier alpha value is -1.58. The van der Waals surface area contributed by atoms with Gasteiger partial charge in [0.25, 0.3) is 0 Å². The first-order chi connectivity index (χ1) is 12.4. The Morgan fingerprint density at radius 2 is 1.29 bits per heavy atom. The number of phenolic OH excluding ortho intramolecular Hbond substituents is 1. The molecular formula is C18H19FeN2NaO6. The van der Waals surface area contributed by atoms with Crippen LogP contribution in [0, 0.1) is 0 Å². The topological polar surface area (TPSA) is 142 Å². The molecule has 2 unspecified atom stereocenters. The largest absolute Gasteiger partial charge is 1.00 e. The van der Waals surface area contributed by atoms with E-state index in [0.29, 0.717) is 0 Å². The minimum Gasteiger partial charge on any atom is -0.872 e. The maximum Gasteiger partial charge on any atom is 1.00 e. The summed E-state index contributed by atoms with van der Waals surface area (Å²) in [5, 5.41) is 45.7. The van der Waals surface area contributed by atoms with Crippen LogP contribution >= 0.6 is 0 Å². The zero-order valence-corrected chi connectivity index (χ0v) is 18.2. The maximum absolute atomic E-state index is 11.8. The van der Waals surface area contributed by atoms with E-state index >= 15 is 0 Å². The van der Waals surface area contributed by atoms with Crippen LogP contribution in [-0.4, -0.2) is 40.3 Å². The van der Waals surface area contributed by atoms with E-state index in [1.165, 1.54) is 30.3 Å². The Balaban J connectivity index is 0.00000364. The van der Waals surface area contributed by atoms with Crippen molar-refractivity contribution in [3.63, 3.8) is 0 Å². The molecule has 0 bridgehead atoms. The maximum atomic E-state index is 11.8. The number of hydrogen-bond donors (Lipinski definition) is 5. The van der Waals surface area contributed by atoms with Crippen LogP contribution in [0.2, 0.25) is 0 Å². The van der Waals surface area contributed by atoms with Gasteiger partial charge in [-0.3, -0.25) is 20.2 Å². The second-order valence-electron chi connectivity index (χ2n) is 5.55. The standard InChI is InChI=1S/C18H20N2O6.Fe.Na/c21-13-7-3-1-5-11(13)15(17(23)24)19-9-10-20-16(18(25)26)12-6-2-4-8-14(12)22;;/h1-8,15-16,19-22H,9-10H2,(H,23,24)(H,25,26);;/q;;+1/p-1. The van der Waals surface area contributed by atoms with Gasteiger partial charge in [-0.1, -0.05) is 42.5 Å². The summed E-state index contributed by atoms with van der Waals surface area (Å²) >= 11 is 0. The van der Waals surface area contributed by atoms with Gasteiger partial charge in [0.1, 0.15) is 17.8 Å². The molecule has 0 saturated heterocycles. The fraction of sp³-hybridized carbons (Fsp3) is 0.222. The number of aromatic hydroxyl groups is 1. The van der Waals surface area contributed by atoms with Crippen LogP contribution in [0.5, 0.6) is 11.5 Å². The molecule has 2 atom stereocenters. The van der Waals surface area contributed by atoms with Crippen molar-refractivity contribution in [2.45, 2.75) is 12.1 Å². The SMILES string of the molecule is O=C(O)C(NCCNC(C(=O)O)c1ccccc1O)c1ccccc1[O-].[Fe].[Na+]. The van der Waals surface area contributed by atoms with Crippen molar-refractivity contribution < 1.29 is 76.6 Å². The Bertz CT molecular complexity index is 727. The number of phenols is 1. The molecule has 0 aliphatic heterocycles. The molecule has 0 aromatic heterocycles. The van der Waals surface area contributed by atoms with Gasteiger partial charge in [0, 0.05) is 35.7 Å². The van der Waals surface area contributed by atoms with Crippen molar-refractivity contribution in [3.05, 3.63) is 59.7 Å². The Kier molecular flexibility index (Phi) is 12.1. The van der Waals surface area contributed by atoms with Crippen molar-refractivity contribution >= 4 is 11.9 Å². The van der Waals surface area contributed by atoms with E-state index in [-0.39, 0.29) is 76.6 Å². The Labute approximate surface area is 194 Å². The van der Waals surface area contributed by atoms with Crippen LogP contribution in [0.3, 0.4) is 0 Å². The third-order valence-corrected chi connectivity index (χ3v) is 3.79. The number of hydrogen-bond acceptors (Lipinski definition) is 6. The van der Waals surface area contributed by atoms with E-state index in [1.54, 1.807) is 18.2 Å². The number of nitrogens with one attached hydrogen (secondary N) is 2. The van der Waals surface area contributed by atoms with E-state index in [0.717, 1.165) is 0 Å². The van der Waals surface area contributed by atoms with Crippen LogP contribution in [0.1, 0.15) is 23.2 Å². The molecular weight excluding hydrogens is 419 g/mol. The second-order valence-corrected chi connectivity index (χ2v) is 5.55. The molecule has 0 aliphatic rings. The number of carbonyl (C=O) groups is 2. The first-order valence-electron chi connectivity index (χ1n) is 7.88. The molecule has 0 amide bonds. The second kappa shape index (κ2) is 12.8. The third kappa shape index (κ3) is 7.10. The number of para-hydroxylation sites is 2. The van der Waals surface area contributed by atoms with Crippen molar-refractivity contribution in [1.29, 1.82) is 0 Å². The molecule has 2 aromatic carbocycles. The monoisotopic (exact) mass is 438 g/mol. The van der Waals surface area contributed by atoms with Crippen molar-refractivity contribution in [2.24, 2.45) is 0 Å². The first kappa shape index (κ1) is 26.4. The molecule has 2 aromatic rings. The molecule has 2 rings (SSSR count). The van der Waals surface area contributed by atoms with Crippen LogP contribution < -0.4 is 45.3 Å². The fourth-order valence-electron chi connectivity index (χ4n) is 2.54. The summed E-state index contributed by atoms with van der Waals surface area (Å²) in [4.78, 5) is 22.8. The predicted molar refractivity (Wildman–Crippen MR) is 90.8 cm³/mol. The van der Waals surface area contributed by atoms with Crippen molar-refractivity contribution in [2.75, 3.05) is 13.1 Å². The van der Waals surface area contributed by atoms with Gasteiger partial charge in [-0.15, -0.1) is 5.75 Å². The van der Waals surface area contributed by atoms with Gasteiger partial charge in [-0.25, -0.2) is 0 Å². The summed E-state index contributed by atoms with van der Waals surface area (Å²) in [6, 6.07) is 9.54. The molecule has 0 radical (unpaired) electrons. The van der Waals surface area contributed by atoms with Gasteiger partial charge in [0.15, 0.2) is 0 Å². The summed E-state index contributed by atoms with van der Waals surface area (Å²) in [7, 11) is 0. The fourth-order valence-corrected chi connectivity index (χ4v) is 2.54. The number of carboxylic acid groups (broad SMARTS) is 2. The first-order valence-corrected chi connectivity index (χ1v) is 7.88. The molecule has 0 saturated carbocycles. The van der Waals surface area contributed by atoms with Gasteiger partial charge >= 0.3 is 41.5 Å². The zero-order chi connectivity index (χ0) is 19.1. The smallest absolute Gasteiger partial charge is 0.872 e. The molecule has 10 heteroatoms. The molecule has 0 spiro atoms. The van der Waals surface area contributed by atoms with E-state index in [9.17, 15) is 30.0 Å². The molecule has 0 heterocycles. The third-order valence-electron chi connectivity index (χ3n) is 3.79. The average molecular weight is 438 g/mol. The predicted octanol–water partition coefficient (Wildman–Crippen LogP) is -2.40. The van der Waals surface area contributed by atoms with Gasteiger partial charge < -0.3 is 20.4 Å². The summed E-state index contributed by atoms with van der Waals surface area (Å²) in [6.45, 7) is 0.207. The summed E-state index contributed by atoms with van der Waals surface area (Å²) in [5.41, 5.74) is 0.315. The van der Waals surface area contributed by atoms with Gasteiger partial charge in [0.2, 0.25) is 0 Å². The minimum atomic E-state index is -1.20. The molecule has 146 valence electrons. The quantitative estimate of drug-likeness (QED) is 0.216. The van der Waals surface area contributed by atoms with Gasteiger partial charge in [-0.2, -0.15) is 0 Å². The summed E-state index contributed by atoms with van der Waals surface area (Å²) < 4.78 is 0. The Morgan fingerprint density at radius 3 is 1.75 bits per heavy atom. The van der Waals surface area contributed by atoms with Crippen molar-refractivity contribution in [1.82, 2.24) is 10.6 Å². The van der Waals surface area contributed by atoms with Gasteiger partial charge in [0.05, 0.1) is 0 Å². The van der Waals surface area contributed by atoms with Crippen LogP contribution in [-0.2, 0) is 26.7 Å². The molecule has 5 N–H and O–H groups in total. The summed E-state index contributed by atoms with van der Waals surface area (Å²) in [6.07, 6.45) is 0. The average Bonchev–Trinajstić information content (AvgIpc) is 2.59. The van der Waals surface area contributed by atoms with E-state index in [4.69, 9.17) is 0 Å². The van der Waals surface area contributed by atoms with E-state index in [1.807, 2.05) is 0 Å². The molecule has 8 nitrogen and oxygen atoms in total. The zero-order valence-electron chi connectivity index (χ0n) is 15.1. The Morgan fingerprint density at radius 1 is 0.857 bits per heavy atom. The van der Waals surface area contributed by atoms with E-state index in [2.05, 4.69) is 10.6 Å². The molecule has 0 fully saturated rings. The number of benzene rings is 2. The number of carboxylic acids is 2. The van der Waals surface area contributed by atoms with Crippen LogP contribution in [0.4, 0.5) is 0 Å². The summed E-state index contributed by atoms with van der Waals surface area (Å²) in [5.74, 6) is -2.92.